The summed E-state index contributed by atoms with van der Waals surface area (Å²) in [4.78, 5) is 1.08. The van der Waals surface area contributed by atoms with Crippen molar-refractivity contribution in [2.75, 3.05) is 0 Å². The van der Waals surface area contributed by atoms with Gasteiger partial charge in [-0.05, 0) is 19.9 Å². The fourth-order valence-electron chi connectivity index (χ4n) is 1.98. The second-order valence-corrected chi connectivity index (χ2v) is 6.87. The molecule has 4 nitrogen and oxygen atoms in total. The number of rotatable bonds is 3. The van der Waals surface area contributed by atoms with Crippen LogP contribution in [-0.2, 0) is 12.1 Å². The van der Waals surface area contributed by atoms with Gasteiger partial charge in [-0.2, -0.15) is 0 Å². The molecule has 0 saturated heterocycles. The number of thiophene rings is 1. The van der Waals surface area contributed by atoms with E-state index in [0.717, 1.165) is 21.0 Å². The molecule has 0 aliphatic carbocycles. The number of nitrogens with zero attached hydrogens (tertiary/aromatic N) is 3. The molecule has 0 atom stereocenters. The van der Waals surface area contributed by atoms with Gasteiger partial charge in [-0.25, -0.2) is 4.68 Å². The first-order valence-corrected chi connectivity index (χ1v) is 7.50. The van der Waals surface area contributed by atoms with Gasteiger partial charge in [0.15, 0.2) is 0 Å². The minimum absolute atomic E-state index is 0.484. The van der Waals surface area contributed by atoms with E-state index >= 15 is 0 Å². The third-order valence-electron chi connectivity index (χ3n) is 3.11. The molecule has 6 heteroatoms. The van der Waals surface area contributed by atoms with Crippen LogP contribution in [-0.4, -0.2) is 15.0 Å². The van der Waals surface area contributed by atoms with E-state index in [4.69, 9.17) is 17.3 Å². The first-order chi connectivity index (χ1) is 9.45. The van der Waals surface area contributed by atoms with Crippen LogP contribution in [0.1, 0.15) is 24.4 Å². The smallest absolute Gasteiger partial charge is 0.102 e. The molecule has 3 rings (SSSR count). The van der Waals surface area contributed by atoms with Crippen LogP contribution in [0.25, 0.3) is 10.1 Å². The highest BCUT2D eigenvalue weighted by molar-refractivity contribution is 7.19. The van der Waals surface area contributed by atoms with E-state index < -0.39 is 5.54 Å². The highest BCUT2D eigenvalue weighted by atomic mass is 35.5. The molecule has 0 bridgehead atoms. The van der Waals surface area contributed by atoms with E-state index in [1.807, 2.05) is 38.2 Å². The topological polar surface area (TPSA) is 56.7 Å². The Morgan fingerprint density at radius 1 is 1.35 bits per heavy atom. The van der Waals surface area contributed by atoms with Gasteiger partial charge in [0.2, 0.25) is 0 Å². The predicted octanol–water partition coefficient (Wildman–Crippen LogP) is 3.39. The molecule has 2 heterocycles. The predicted molar refractivity (Wildman–Crippen MR) is 83.2 cm³/mol. The molecule has 0 saturated carbocycles. The van der Waals surface area contributed by atoms with Crippen molar-refractivity contribution in [3.05, 3.63) is 46.1 Å². The van der Waals surface area contributed by atoms with Crippen molar-refractivity contribution >= 4 is 33.0 Å². The van der Waals surface area contributed by atoms with E-state index in [2.05, 4.69) is 16.4 Å². The van der Waals surface area contributed by atoms with Crippen LogP contribution < -0.4 is 5.73 Å². The minimum Gasteiger partial charge on any atom is -0.320 e. The van der Waals surface area contributed by atoms with Gasteiger partial charge in [0.25, 0.3) is 0 Å². The van der Waals surface area contributed by atoms with Crippen LogP contribution in [0, 0.1) is 0 Å². The first-order valence-electron chi connectivity index (χ1n) is 6.30. The van der Waals surface area contributed by atoms with Gasteiger partial charge in [-0.3, -0.25) is 0 Å². The molecule has 0 spiro atoms. The van der Waals surface area contributed by atoms with Gasteiger partial charge in [0.1, 0.15) is 5.69 Å². The Labute approximate surface area is 126 Å². The number of nitrogens with two attached hydrogens (primary N) is 1. The van der Waals surface area contributed by atoms with Crippen molar-refractivity contribution in [2.24, 2.45) is 5.73 Å². The van der Waals surface area contributed by atoms with Gasteiger partial charge in [0, 0.05) is 15.0 Å². The normalized spacial score (nSPS) is 12.2. The van der Waals surface area contributed by atoms with Crippen molar-refractivity contribution in [1.82, 2.24) is 15.0 Å². The van der Waals surface area contributed by atoms with Crippen molar-refractivity contribution < 1.29 is 0 Å². The molecule has 0 unspecified atom stereocenters. The highest BCUT2D eigenvalue weighted by Crippen LogP contribution is 2.35. The SMILES string of the molecule is CC(C)(N)c1cn(Cc2sc3ccccc3c2Cl)nn1. The lowest BCUT2D eigenvalue weighted by atomic mass is 10.0. The van der Waals surface area contributed by atoms with Crippen LogP contribution in [0.2, 0.25) is 5.02 Å². The van der Waals surface area contributed by atoms with Crippen LogP contribution >= 0.6 is 22.9 Å². The van der Waals surface area contributed by atoms with Gasteiger partial charge in [-0.1, -0.05) is 35.0 Å². The summed E-state index contributed by atoms with van der Waals surface area (Å²) in [6.45, 7) is 4.43. The van der Waals surface area contributed by atoms with Crippen LogP contribution in [0.4, 0.5) is 0 Å². The highest BCUT2D eigenvalue weighted by Gasteiger charge is 2.19. The lowest BCUT2D eigenvalue weighted by Gasteiger charge is -2.13. The summed E-state index contributed by atoms with van der Waals surface area (Å²) in [6, 6.07) is 8.12. The Balaban J connectivity index is 1.93. The van der Waals surface area contributed by atoms with E-state index in [9.17, 15) is 0 Å². The molecule has 3 aromatic rings. The second-order valence-electron chi connectivity index (χ2n) is 5.36. The molecule has 0 aliphatic heterocycles. The Bertz CT molecular complexity index is 754. The fraction of sp³-hybridized carbons (Fsp3) is 0.286. The van der Waals surface area contributed by atoms with Crippen LogP contribution in [0.5, 0.6) is 0 Å². The number of hydrogen-bond acceptors (Lipinski definition) is 4. The van der Waals surface area contributed by atoms with Gasteiger partial charge in [-0.15, -0.1) is 16.4 Å². The zero-order chi connectivity index (χ0) is 14.3. The summed E-state index contributed by atoms with van der Waals surface area (Å²) in [5.41, 5.74) is 6.30. The maximum Gasteiger partial charge on any atom is 0.102 e. The third-order valence-corrected chi connectivity index (χ3v) is 4.81. The molecule has 1 aromatic carbocycles. The molecule has 20 heavy (non-hydrogen) atoms. The maximum atomic E-state index is 6.43. The lowest BCUT2D eigenvalue weighted by molar-refractivity contribution is 0.533. The molecule has 104 valence electrons. The van der Waals surface area contributed by atoms with Crippen molar-refractivity contribution in [2.45, 2.75) is 25.9 Å². The van der Waals surface area contributed by atoms with Crippen molar-refractivity contribution in [3.8, 4) is 0 Å². The van der Waals surface area contributed by atoms with E-state index in [1.165, 1.54) is 4.70 Å². The zero-order valence-corrected chi connectivity index (χ0v) is 12.9. The standard InChI is InChI=1S/C14H15ClN4S/c1-14(2,16)12-8-19(18-17-12)7-11-13(15)9-5-3-4-6-10(9)20-11/h3-6,8H,7,16H2,1-2H3. The van der Waals surface area contributed by atoms with Crippen molar-refractivity contribution in [3.63, 3.8) is 0 Å². The molecule has 0 fully saturated rings. The Hall–Kier alpha value is -1.43. The van der Waals surface area contributed by atoms with E-state index in [-0.39, 0.29) is 0 Å². The first kappa shape index (κ1) is 13.5. The van der Waals surface area contributed by atoms with Crippen molar-refractivity contribution in [1.29, 1.82) is 0 Å². The lowest BCUT2D eigenvalue weighted by Crippen LogP contribution is -2.29. The summed E-state index contributed by atoms with van der Waals surface area (Å²) in [7, 11) is 0. The summed E-state index contributed by atoms with van der Waals surface area (Å²) >= 11 is 8.11. The quantitative estimate of drug-likeness (QED) is 0.807. The third kappa shape index (κ3) is 2.44. The largest absolute Gasteiger partial charge is 0.320 e. The van der Waals surface area contributed by atoms with E-state index in [0.29, 0.717) is 6.54 Å². The monoisotopic (exact) mass is 306 g/mol. The van der Waals surface area contributed by atoms with Crippen LogP contribution in [0.3, 0.4) is 0 Å². The summed E-state index contributed by atoms with van der Waals surface area (Å²) in [6.07, 6.45) is 1.88. The van der Waals surface area contributed by atoms with Gasteiger partial charge in [0.05, 0.1) is 23.3 Å². The number of halogens is 1. The fourth-order valence-corrected chi connectivity index (χ4v) is 3.47. The molecule has 2 N–H and O–H groups in total. The number of hydrogen-bond donors (Lipinski definition) is 1. The number of fused-ring (bicyclic) bond motifs is 1. The molecule has 2 aromatic heterocycles. The molecular weight excluding hydrogens is 292 g/mol. The molecule has 0 radical (unpaired) electrons. The molecule has 0 aliphatic rings. The van der Waals surface area contributed by atoms with Gasteiger partial charge < -0.3 is 5.73 Å². The minimum atomic E-state index is -0.484. The van der Waals surface area contributed by atoms with Gasteiger partial charge >= 0.3 is 0 Å². The zero-order valence-electron chi connectivity index (χ0n) is 11.3. The number of benzene rings is 1. The average molecular weight is 307 g/mol. The summed E-state index contributed by atoms with van der Waals surface area (Å²) < 4.78 is 2.97. The van der Waals surface area contributed by atoms with Crippen LogP contribution in [0.15, 0.2) is 30.5 Å². The Morgan fingerprint density at radius 3 is 2.75 bits per heavy atom. The summed E-state index contributed by atoms with van der Waals surface area (Å²) in [5.74, 6) is 0. The average Bonchev–Trinajstić information content (AvgIpc) is 2.97. The summed E-state index contributed by atoms with van der Waals surface area (Å²) in [5, 5.41) is 10.1. The molecule has 0 amide bonds. The maximum absolute atomic E-state index is 6.43. The Morgan fingerprint density at radius 2 is 2.10 bits per heavy atom. The van der Waals surface area contributed by atoms with E-state index in [1.54, 1.807) is 16.0 Å². The second kappa shape index (κ2) is 4.84. The number of aromatic nitrogens is 3. The molecular formula is C14H15ClN4S. The Kier molecular flexibility index (Phi) is 3.28.